The maximum atomic E-state index is 12.6. The Balaban J connectivity index is 2.14. The molecule has 0 aliphatic carbocycles. The predicted octanol–water partition coefficient (Wildman–Crippen LogP) is 2.71. The van der Waals surface area contributed by atoms with Crippen molar-refractivity contribution in [3.63, 3.8) is 0 Å². The van der Waals surface area contributed by atoms with Gasteiger partial charge in [0.25, 0.3) is 5.91 Å². The van der Waals surface area contributed by atoms with Gasteiger partial charge in [-0.1, -0.05) is 6.92 Å². The lowest BCUT2D eigenvalue weighted by molar-refractivity contribution is 0.0663. The molecule has 0 spiro atoms. The Hall–Kier alpha value is -2.11. The van der Waals surface area contributed by atoms with Gasteiger partial charge in [0.05, 0.1) is 6.54 Å². The molecule has 0 saturated heterocycles. The molecular weight excluding hydrogens is 268 g/mol. The van der Waals surface area contributed by atoms with Crippen LogP contribution in [-0.4, -0.2) is 32.0 Å². The molecule has 0 saturated carbocycles. The van der Waals surface area contributed by atoms with Crippen molar-refractivity contribution in [3.8, 4) is 0 Å². The third-order valence-electron chi connectivity index (χ3n) is 3.22. The van der Waals surface area contributed by atoms with Crippen molar-refractivity contribution in [2.24, 2.45) is 0 Å². The van der Waals surface area contributed by atoms with Crippen LogP contribution < -0.4 is 0 Å². The van der Waals surface area contributed by atoms with E-state index in [1.807, 2.05) is 32.9 Å². The SMILES string of the molecule is CCCc1nc(C(=O)N(Cc2ccc(C)o2)C(C)C)n[nH]1. The number of carbonyl (C=O) groups is 1. The summed E-state index contributed by atoms with van der Waals surface area (Å²) in [6.45, 7) is 8.30. The smallest absolute Gasteiger partial charge is 0.294 e. The van der Waals surface area contributed by atoms with Crippen LogP contribution in [0.2, 0.25) is 0 Å². The first-order chi connectivity index (χ1) is 10.0. The number of carbonyl (C=O) groups excluding carboxylic acids is 1. The number of hydrogen-bond donors (Lipinski definition) is 1. The highest BCUT2D eigenvalue weighted by molar-refractivity contribution is 5.90. The Morgan fingerprint density at radius 2 is 2.19 bits per heavy atom. The second kappa shape index (κ2) is 6.56. The Morgan fingerprint density at radius 3 is 2.76 bits per heavy atom. The molecular formula is C15H22N4O2. The van der Waals surface area contributed by atoms with E-state index in [4.69, 9.17) is 4.42 Å². The van der Waals surface area contributed by atoms with Crippen molar-refractivity contribution >= 4 is 5.91 Å². The molecule has 0 unspecified atom stereocenters. The monoisotopic (exact) mass is 290 g/mol. The second-order valence-corrected chi connectivity index (χ2v) is 5.39. The van der Waals surface area contributed by atoms with E-state index < -0.39 is 0 Å². The van der Waals surface area contributed by atoms with E-state index in [1.54, 1.807) is 4.90 Å². The van der Waals surface area contributed by atoms with Gasteiger partial charge in [0.2, 0.25) is 5.82 Å². The van der Waals surface area contributed by atoms with E-state index in [1.165, 1.54) is 0 Å². The average molecular weight is 290 g/mol. The summed E-state index contributed by atoms with van der Waals surface area (Å²) in [4.78, 5) is 18.5. The normalized spacial score (nSPS) is 11.1. The zero-order valence-corrected chi connectivity index (χ0v) is 13.0. The van der Waals surface area contributed by atoms with Gasteiger partial charge < -0.3 is 9.32 Å². The minimum absolute atomic E-state index is 0.0380. The summed E-state index contributed by atoms with van der Waals surface area (Å²) in [6.07, 6.45) is 1.75. The van der Waals surface area contributed by atoms with E-state index in [2.05, 4.69) is 22.1 Å². The van der Waals surface area contributed by atoms with Crippen LogP contribution in [0.5, 0.6) is 0 Å². The highest BCUT2D eigenvalue weighted by Gasteiger charge is 2.23. The molecule has 114 valence electrons. The molecule has 2 aromatic rings. The molecule has 2 rings (SSSR count). The summed E-state index contributed by atoms with van der Waals surface area (Å²) < 4.78 is 5.55. The van der Waals surface area contributed by atoms with Crippen LogP contribution >= 0.6 is 0 Å². The largest absolute Gasteiger partial charge is 0.464 e. The third-order valence-corrected chi connectivity index (χ3v) is 3.22. The molecule has 0 fully saturated rings. The van der Waals surface area contributed by atoms with Crippen LogP contribution in [0.3, 0.4) is 0 Å². The van der Waals surface area contributed by atoms with Gasteiger partial charge in [0, 0.05) is 12.5 Å². The lowest BCUT2D eigenvalue weighted by atomic mass is 10.2. The minimum atomic E-state index is -0.183. The maximum Gasteiger partial charge on any atom is 0.294 e. The molecule has 2 heterocycles. The van der Waals surface area contributed by atoms with Gasteiger partial charge in [0.1, 0.15) is 17.3 Å². The standard InChI is InChI=1S/C15H22N4O2/c1-5-6-13-16-14(18-17-13)15(20)19(10(2)3)9-12-8-7-11(4)21-12/h7-8,10H,5-6,9H2,1-4H3,(H,16,17,18). The molecule has 1 N–H and O–H groups in total. The van der Waals surface area contributed by atoms with E-state index in [9.17, 15) is 4.79 Å². The summed E-state index contributed by atoms with van der Waals surface area (Å²) in [5.41, 5.74) is 0. The Labute approximate surface area is 124 Å². The third kappa shape index (κ3) is 3.71. The molecule has 0 aliphatic heterocycles. The number of aromatic nitrogens is 3. The number of furan rings is 1. The highest BCUT2D eigenvalue weighted by Crippen LogP contribution is 2.14. The molecule has 1 amide bonds. The van der Waals surface area contributed by atoms with Crippen LogP contribution in [0.15, 0.2) is 16.5 Å². The van der Waals surface area contributed by atoms with E-state index >= 15 is 0 Å². The van der Waals surface area contributed by atoms with Crippen LogP contribution in [-0.2, 0) is 13.0 Å². The number of aryl methyl sites for hydroxylation is 2. The number of rotatable bonds is 6. The summed E-state index contributed by atoms with van der Waals surface area (Å²) in [7, 11) is 0. The molecule has 0 radical (unpaired) electrons. The highest BCUT2D eigenvalue weighted by atomic mass is 16.3. The van der Waals surface area contributed by atoms with E-state index in [-0.39, 0.29) is 17.8 Å². The fourth-order valence-electron chi connectivity index (χ4n) is 2.09. The fourth-order valence-corrected chi connectivity index (χ4v) is 2.09. The number of hydrogen-bond acceptors (Lipinski definition) is 4. The maximum absolute atomic E-state index is 12.6. The summed E-state index contributed by atoms with van der Waals surface area (Å²) in [5, 5.41) is 6.84. The Morgan fingerprint density at radius 1 is 1.43 bits per heavy atom. The van der Waals surface area contributed by atoms with Crippen molar-refractivity contribution in [3.05, 3.63) is 35.3 Å². The van der Waals surface area contributed by atoms with Crippen molar-refractivity contribution in [1.82, 2.24) is 20.1 Å². The Bertz CT molecular complexity index is 600. The van der Waals surface area contributed by atoms with Crippen molar-refractivity contribution in [1.29, 1.82) is 0 Å². The molecule has 0 atom stereocenters. The van der Waals surface area contributed by atoms with Crippen LogP contribution in [0.4, 0.5) is 0 Å². The summed E-state index contributed by atoms with van der Waals surface area (Å²) >= 11 is 0. The molecule has 21 heavy (non-hydrogen) atoms. The molecule has 6 heteroatoms. The molecule has 2 aromatic heterocycles. The lowest BCUT2D eigenvalue weighted by Crippen LogP contribution is -2.37. The summed E-state index contributed by atoms with van der Waals surface area (Å²) in [5.74, 6) is 2.38. The Kier molecular flexibility index (Phi) is 4.77. The van der Waals surface area contributed by atoms with Crippen molar-refractivity contribution in [2.75, 3.05) is 0 Å². The zero-order valence-electron chi connectivity index (χ0n) is 13.0. The number of aromatic amines is 1. The van der Waals surface area contributed by atoms with Crippen molar-refractivity contribution in [2.45, 2.75) is 53.1 Å². The topological polar surface area (TPSA) is 75.0 Å². The van der Waals surface area contributed by atoms with Gasteiger partial charge in [-0.25, -0.2) is 4.98 Å². The molecule has 0 bridgehead atoms. The van der Waals surface area contributed by atoms with Gasteiger partial charge in [-0.05, 0) is 39.3 Å². The molecule has 6 nitrogen and oxygen atoms in total. The number of nitrogens with one attached hydrogen (secondary N) is 1. The summed E-state index contributed by atoms with van der Waals surface area (Å²) in [6, 6.07) is 3.82. The van der Waals surface area contributed by atoms with Crippen LogP contribution in [0.25, 0.3) is 0 Å². The minimum Gasteiger partial charge on any atom is -0.464 e. The molecule has 0 aromatic carbocycles. The first-order valence-corrected chi connectivity index (χ1v) is 7.28. The number of H-pyrrole nitrogens is 1. The van der Waals surface area contributed by atoms with E-state index in [0.717, 1.165) is 30.2 Å². The predicted molar refractivity (Wildman–Crippen MR) is 78.8 cm³/mol. The first-order valence-electron chi connectivity index (χ1n) is 7.28. The van der Waals surface area contributed by atoms with Gasteiger partial charge in [-0.2, -0.15) is 0 Å². The van der Waals surface area contributed by atoms with Crippen LogP contribution in [0.1, 0.15) is 55.2 Å². The average Bonchev–Trinajstić information content (AvgIpc) is 3.05. The zero-order chi connectivity index (χ0) is 15.4. The fraction of sp³-hybridized carbons (Fsp3) is 0.533. The first kappa shape index (κ1) is 15.3. The van der Waals surface area contributed by atoms with Crippen molar-refractivity contribution < 1.29 is 9.21 Å². The van der Waals surface area contributed by atoms with E-state index in [0.29, 0.717) is 6.54 Å². The second-order valence-electron chi connectivity index (χ2n) is 5.39. The number of nitrogens with zero attached hydrogens (tertiary/aromatic N) is 3. The number of amides is 1. The lowest BCUT2D eigenvalue weighted by Gasteiger charge is -2.24. The van der Waals surface area contributed by atoms with Gasteiger partial charge >= 0.3 is 0 Å². The molecule has 0 aliphatic rings. The van der Waals surface area contributed by atoms with Gasteiger partial charge in [-0.3, -0.25) is 9.89 Å². The van der Waals surface area contributed by atoms with Gasteiger partial charge in [-0.15, -0.1) is 5.10 Å². The van der Waals surface area contributed by atoms with Gasteiger partial charge in [0.15, 0.2) is 0 Å². The van der Waals surface area contributed by atoms with Crippen LogP contribution in [0, 0.1) is 6.92 Å². The quantitative estimate of drug-likeness (QED) is 0.887.